The molecule has 4 bridgehead atoms. The number of esters is 1. The van der Waals surface area contributed by atoms with Gasteiger partial charge in [0.25, 0.3) is 0 Å². The van der Waals surface area contributed by atoms with E-state index in [1.54, 1.807) is 6.92 Å². The minimum Gasteiger partial charge on any atom is -0.465 e. The van der Waals surface area contributed by atoms with Crippen LogP contribution in [0.15, 0.2) is 0 Å². The van der Waals surface area contributed by atoms with E-state index in [1.807, 2.05) is 0 Å². The van der Waals surface area contributed by atoms with Crippen LogP contribution in [0.2, 0.25) is 0 Å². The van der Waals surface area contributed by atoms with Crippen LogP contribution in [-0.2, 0) is 14.3 Å². The number of carbonyl (C=O) groups excluding carboxylic acids is 2. The molecule has 0 aromatic carbocycles. The molecule has 112 valence electrons. The lowest BCUT2D eigenvalue weighted by Crippen LogP contribution is -2.70. The van der Waals surface area contributed by atoms with E-state index in [9.17, 15) is 9.59 Å². The number of ketones is 1. The van der Waals surface area contributed by atoms with Crippen LogP contribution in [0.5, 0.6) is 0 Å². The zero-order valence-corrected chi connectivity index (χ0v) is 12.7. The molecule has 0 heterocycles. The lowest BCUT2D eigenvalue weighted by atomic mass is 9.37. The molecule has 0 aromatic rings. The van der Waals surface area contributed by atoms with Crippen molar-refractivity contribution in [2.75, 3.05) is 6.61 Å². The summed E-state index contributed by atoms with van der Waals surface area (Å²) < 4.78 is 5.34. The van der Waals surface area contributed by atoms with E-state index < -0.39 is 0 Å². The maximum Gasteiger partial charge on any atom is 0.302 e. The molecule has 5 unspecified atom stereocenters. The van der Waals surface area contributed by atoms with Gasteiger partial charge in [-0.05, 0) is 50.4 Å². The Bertz CT molecular complexity index is 476. The van der Waals surface area contributed by atoms with Gasteiger partial charge >= 0.3 is 5.97 Å². The average Bonchev–Trinajstić information content (AvgIpc) is 2.31. The number of nitrogens with two attached hydrogens (primary N) is 1. The summed E-state index contributed by atoms with van der Waals surface area (Å²) in [5.41, 5.74) is 6.18. The van der Waals surface area contributed by atoms with Gasteiger partial charge in [-0.3, -0.25) is 9.59 Å². The normalized spacial score (nSPS) is 49.2. The van der Waals surface area contributed by atoms with E-state index in [4.69, 9.17) is 10.5 Å². The zero-order chi connectivity index (χ0) is 14.8. The van der Waals surface area contributed by atoms with Crippen molar-refractivity contribution in [2.45, 2.75) is 58.9 Å². The topological polar surface area (TPSA) is 69.4 Å². The Morgan fingerprint density at radius 3 is 2.45 bits per heavy atom. The number of carbonyl (C=O) groups is 2. The molecular formula is C16H25NO3. The Kier molecular flexibility index (Phi) is 2.85. The van der Waals surface area contributed by atoms with Crippen molar-refractivity contribution in [3.05, 3.63) is 0 Å². The van der Waals surface area contributed by atoms with Gasteiger partial charge in [-0.15, -0.1) is 0 Å². The molecule has 0 saturated heterocycles. The van der Waals surface area contributed by atoms with Crippen molar-refractivity contribution in [1.82, 2.24) is 0 Å². The van der Waals surface area contributed by atoms with Gasteiger partial charge in [0.05, 0.1) is 6.61 Å². The van der Waals surface area contributed by atoms with Crippen molar-refractivity contribution < 1.29 is 14.3 Å². The third-order valence-electron chi connectivity index (χ3n) is 6.17. The van der Waals surface area contributed by atoms with Crippen LogP contribution in [0.3, 0.4) is 0 Å². The van der Waals surface area contributed by atoms with Gasteiger partial charge in [-0.25, -0.2) is 0 Å². The molecule has 4 aliphatic rings. The standard InChI is InChI=1S/C16H25NO3/c1-10(18)16-6-12-4-14(3,8-16)7-15(5-12,13(16)17)9-20-11(2)19/h12-13H,4-9,17H2,1-3H3. The summed E-state index contributed by atoms with van der Waals surface area (Å²) >= 11 is 0. The van der Waals surface area contributed by atoms with Crippen molar-refractivity contribution in [3.63, 3.8) is 0 Å². The summed E-state index contributed by atoms with van der Waals surface area (Å²) in [5.74, 6) is 0.532. The molecule has 2 N–H and O–H groups in total. The number of hydrogen-bond acceptors (Lipinski definition) is 4. The Morgan fingerprint density at radius 2 is 1.90 bits per heavy atom. The molecule has 4 saturated carbocycles. The van der Waals surface area contributed by atoms with Crippen LogP contribution in [0.25, 0.3) is 0 Å². The maximum absolute atomic E-state index is 12.3. The minimum absolute atomic E-state index is 0.170. The van der Waals surface area contributed by atoms with Crippen LogP contribution in [-0.4, -0.2) is 24.4 Å². The quantitative estimate of drug-likeness (QED) is 0.803. The van der Waals surface area contributed by atoms with E-state index in [0.717, 1.165) is 25.7 Å². The third-order valence-corrected chi connectivity index (χ3v) is 6.17. The van der Waals surface area contributed by atoms with Gasteiger partial charge < -0.3 is 10.5 Å². The average molecular weight is 279 g/mol. The monoisotopic (exact) mass is 279 g/mol. The molecule has 4 aliphatic carbocycles. The molecule has 0 spiro atoms. The fourth-order valence-corrected chi connectivity index (χ4v) is 5.96. The molecule has 4 fully saturated rings. The second-order valence-electron chi connectivity index (χ2n) is 7.98. The first-order chi connectivity index (χ1) is 9.21. The van der Waals surface area contributed by atoms with Gasteiger partial charge in [0.15, 0.2) is 0 Å². The van der Waals surface area contributed by atoms with Crippen molar-refractivity contribution >= 4 is 11.8 Å². The predicted molar refractivity (Wildman–Crippen MR) is 74.8 cm³/mol. The summed E-state index contributed by atoms with van der Waals surface area (Å²) in [6.07, 6.45) is 5.03. The van der Waals surface area contributed by atoms with Gasteiger partial charge in [0.1, 0.15) is 5.78 Å². The molecule has 20 heavy (non-hydrogen) atoms. The molecule has 4 heteroatoms. The Morgan fingerprint density at radius 1 is 1.20 bits per heavy atom. The van der Waals surface area contributed by atoms with Crippen LogP contribution in [0.4, 0.5) is 0 Å². The first-order valence-electron chi connectivity index (χ1n) is 7.61. The number of Topliss-reactive ketones (excluding diaryl/α,β-unsaturated/α-hetero) is 1. The highest BCUT2D eigenvalue weighted by atomic mass is 16.5. The smallest absolute Gasteiger partial charge is 0.302 e. The molecule has 0 aromatic heterocycles. The second kappa shape index (κ2) is 4.06. The SMILES string of the molecule is CC(=O)OCC12CC3CC(C)(C1)CC(C(C)=O)(C3)C2N. The van der Waals surface area contributed by atoms with E-state index in [2.05, 4.69) is 6.92 Å². The number of hydrogen-bond donors (Lipinski definition) is 1. The molecule has 0 aliphatic heterocycles. The van der Waals surface area contributed by atoms with E-state index in [1.165, 1.54) is 13.3 Å². The number of rotatable bonds is 3. The number of ether oxygens (including phenoxy) is 1. The third kappa shape index (κ3) is 1.77. The van der Waals surface area contributed by atoms with Crippen LogP contribution >= 0.6 is 0 Å². The lowest BCUT2D eigenvalue weighted by molar-refractivity contribution is -0.194. The molecule has 4 rings (SSSR count). The fraction of sp³-hybridized carbons (Fsp3) is 0.875. The highest BCUT2D eigenvalue weighted by Gasteiger charge is 2.67. The van der Waals surface area contributed by atoms with Crippen molar-refractivity contribution in [1.29, 1.82) is 0 Å². The van der Waals surface area contributed by atoms with Gasteiger partial charge in [-0.1, -0.05) is 6.92 Å². The van der Waals surface area contributed by atoms with E-state index >= 15 is 0 Å². The highest BCUT2D eigenvalue weighted by Crippen LogP contribution is 2.69. The molecule has 4 nitrogen and oxygen atoms in total. The van der Waals surface area contributed by atoms with E-state index in [0.29, 0.717) is 12.5 Å². The minimum atomic E-state index is -0.381. The lowest BCUT2D eigenvalue weighted by Gasteiger charge is -2.68. The summed E-state index contributed by atoms with van der Waals surface area (Å²) in [6, 6.07) is -0.170. The maximum atomic E-state index is 12.3. The second-order valence-corrected chi connectivity index (χ2v) is 7.98. The first-order valence-corrected chi connectivity index (χ1v) is 7.61. The Balaban J connectivity index is 1.99. The summed E-state index contributed by atoms with van der Waals surface area (Å²) in [5, 5.41) is 0. The van der Waals surface area contributed by atoms with Gasteiger partial charge in [-0.2, -0.15) is 0 Å². The van der Waals surface area contributed by atoms with Crippen LogP contribution in [0, 0.1) is 22.2 Å². The van der Waals surface area contributed by atoms with Crippen molar-refractivity contribution in [2.24, 2.45) is 27.9 Å². The summed E-state index contributed by atoms with van der Waals surface area (Å²) in [4.78, 5) is 23.5. The van der Waals surface area contributed by atoms with Gasteiger partial charge in [0, 0.05) is 23.8 Å². The van der Waals surface area contributed by atoms with Gasteiger partial charge in [0.2, 0.25) is 0 Å². The predicted octanol–water partition coefficient (Wildman–Crippen LogP) is 2.05. The fourth-order valence-electron chi connectivity index (χ4n) is 5.96. The molecule has 0 amide bonds. The van der Waals surface area contributed by atoms with E-state index in [-0.39, 0.29) is 34.0 Å². The van der Waals surface area contributed by atoms with Crippen LogP contribution < -0.4 is 5.73 Å². The summed E-state index contributed by atoms with van der Waals surface area (Å²) in [7, 11) is 0. The Labute approximate surface area is 120 Å². The highest BCUT2D eigenvalue weighted by molar-refractivity contribution is 5.84. The first kappa shape index (κ1) is 14.1. The molecular weight excluding hydrogens is 254 g/mol. The molecule has 5 atom stereocenters. The zero-order valence-electron chi connectivity index (χ0n) is 12.7. The van der Waals surface area contributed by atoms with Crippen LogP contribution in [0.1, 0.15) is 52.9 Å². The van der Waals surface area contributed by atoms with Crippen molar-refractivity contribution in [3.8, 4) is 0 Å². The Hall–Kier alpha value is -0.900. The molecule has 0 radical (unpaired) electrons. The largest absolute Gasteiger partial charge is 0.465 e. The summed E-state index contributed by atoms with van der Waals surface area (Å²) in [6.45, 7) is 5.79.